The van der Waals surface area contributed by atoms with Gasteiger partial charge in [0.1, 0.15) is 22.9 Å². The summed E-state index contributed by atoms with van der Waals surface area (Å²) in [6.45, 7) is 6.09. The first-order chi connectivity index (χ1) is 12.5. The van der Waals surface area contributed by atoms with E-state index in [9.17, 15) is 4.79 Å². The Bertz CT molecular complexity index is 723. The molecule has 1 aliphatic carbocycles. The van der Waals surface area contributed by atoms with Crippen molar-refractivity contribution in [3.8, 4) is 11.5 Å². The standard InChI is InChI=1S/C21H26O5/c1-5-6-16-12-21(20(11-18(16)22)25-13-26-21)14(2)9-15-7-8-17(23-3)10-19(15)24-4/h5,7-8,10-11,14,16H,1,6,9,12-13H2,2-4H3/t14?,16-,21+/m0/s1. The first-order valence-electron chi connectivity index (χ1n) is 8.88. The number of carbonyl (C=O) groups excluding carboxylic acids is 1. The van der Waals surface area contributed by atoms with Crippen molar-refractivity contribution in [2.45, 2.75) is 31.8 Å². The van der Waals surface area contributed by atoms with Gasteiger partial charge in [0.25, 0.3) is 0 Å². The van der Waals surface area contributed by atoms with Crippen molar-refractivity contribution in [3.63, 3.8) is 0 Å². The molecule has 0 N–H and O–H groups in total. The van der Waals surface area contributed by atoms with Crippen molar-refractivity contribution < 1.29 is 23.7 Å². The van der Waals surface area contributed by atoms with Crippen LogP contribution in [0.3, 0.4) is 0 Å². The molecule has 1 aromatic carbocycles. The first kappa shape index (κ1) is 18.5. The van der Waals surface area contributed by atoms with Crippen molar-refractivity contribution in [2.75, 3.05) is 21.0 Å². The van der Waals surface area contributed by atoms with Crippen LogP contribution in [0.15, 0.2) is 42.7 Å². The quantitative estimate of drug-likeness (QED) is 0.696. The number of hydrogen-bond donors (Lipinski definition) is 0. The molecule has 1 fully saturated rings. The second kappa shape index (κ2) is 7.54. The molecule has 26 heavy (non-hydrogen) atoms. The van der Waals surface area contributed by atoms with Gasteiger partial charge in [-0.2, -0.15) is 0 Å². The number of rotatable bonds is 7. The fourth-order valence-corrected chi connectivity index (χ4v) is 3.93. The van der Waals surface area contributed by atoms with E-state index in [2.05, 4.69) is 13.5 Å². The second-order valence-corrected chi connectivity index (χ2v) is 6.92. The summed E-state index contributed by atoms with van der Waals surface area (Å²) in [5, 5.41) is 0. The van der Waals surface area contributed by atoms with Gasteiger partial charge in [-0.1, -0.05) is 19.1 Å². The van der Waals surface area contributed by atoms with Gasteiger partial charge in [-0.25, -0.2) is 0 Å². The van der Waals surface area contributed by atoms with Gasteiger partial charge >= 0.3 is 0 Å². The minimum absolute atomic E-state index is 0.0928. The topological polar surface area (TPSA) is 54.0 Å². The maximum atomic E-state index is 12.3. The lowest BCUT2D eigenvalue weighted by molar-refractivity contribution is -0.123. The molecule has 1 aliphatic heterocycles. The van der Waals surface area contributed by atoms with Crippen molar-refractivity contribution in [2.24, 2.45) is 11.8 Å². The smallest absolute Gasteiger partial charge is 0.189 e. The fourth-order valence-electron chi connectivity index (χ4n) is 3.93. The Kier molecular flexibility index (Phi) is 5.37. The third kappa shape index (κ3) is 3.23. The molecule has 0 aromatic heterocycles. The summed E-state index contributed by atoms with van der Waals surface area (Å²) in [4.78, 5) is 12.3. The molecule has 0 spiro atoms. The zero-order valence-corrected chi connectivity index (χ0v) is 15.6. The van der Waals surface area contributed by atoms with Crippen molar-refractivity contribution >= 4 is 5.78 Å². The predicted octanol–water partition coefficient (Wildman–Crippen LogP) is 3.67. The number of ether oxygens (including phenoxy) is 4. The molecular weight excluding hydrogens is 332 g/mol. The van der Waals surface area contributed by atoms with Gasteiger partial charge in [0, 0.05) is 18.1 Å². The molecule has 0 amide bonds. The summed E-state index contributed by atoms with van der Waals surface area (Å²) in [6.07, 6.45) is 5.41. The number of fused-ring (bicyclic) bond motifs is 1. The van der Waals surface area contributed by atoms with E-state index in [1.807, 2.05) is 18.2 Å². The van der Waals surface area contributed by atoms with Crippen molar-refractivity contribution in [1.29, 1.82) is 0 Å². The van der Waals surface area contributed by atoms with Crippen molar-refractivity contribution in [3.05, 3.63) is 48.3 Å². The van der Waals surface area contributed by atoms with E-state index >= 15 is 0 Å². The number of ketones is 1. The Morgan fingerprint density at radius 1 is 1.38 bits per heavy atom. The minimum atomic E-state index is -0.577. The predicted molar refractivity (Wildman–Crippen MR) is 98.2 cm³/mol. The van der Waals surface area contributed by atoms with E-state index in [1.54, 1.807) is 26.4 Å². The van der Waals surface area contributed by atoms with E-state index in [0.717, 1.165) is 23.5 Å². The summed E-state index contributed by atoms with van der Waals surface area (Å²) < 4.78 is 22.5. The van der Waals surface area contributed by atoms with E-state index in [1.165, 1.54) is 0 Å². The molecule has 3 rings (SSSR count). The molecule has 3 atom stereocenters. The number of allylic oxidation sites excluding steroid dienone is 2. The highest BCUT2D eigenvalue weighted by Gasteiger charge is 2.51. The van der Waals surface area contributed by atoms with Gasteiger partial charge in [-0.3, -0.25) is 4.79 Å². The summed E-state index contributed by atoms with van der Waals surface area (Å²) in [5.41, 5.74) is 0.495. The van der Waals surface area contributed by atoms with Crippen LogP contribution in [-0.4, -0.2) is 32.4 Å². The highest BCUT2D eigenvalue weighted by atomic mass is 16.7. The molecule has 5 nitrogen and oxygen atoms in total. The summed E-state index contributed by atoms with van der Waals surface area (Å²) >= 11 is 0. The van der Waals surface area contributed by atoms with Gasteiger partial charge in [0.2, 0.25) is 0 Å². The number of hydrogen-bond acceptors (Lipinski definition) is 5. The summed E-state index contributed by atoms with van der Waals surface area (Å²) in [7, 11) is 3.29. The summed E-state index contributed by atoms with van der Waals surface area (Å²) in [6, 6.07) is 5.82. The van der Waals surface area contributed by atoms with Gasteiger partial charge in [-0.05, 0) is 36.8 Å². The normalized spacial score (nSPS) is 25.7. The Hall–Kier alpha value is -2.27. The minimum Gasteiger partial charge on any atom is -0.497 e. The highest BCUT2D eigenvalue weighted by molar-refractivity contribution is 5.93. The molecule has 0 radical (unpaired) electrons. The molecule has 0 bridgehead atoms. The highest BCUT2D eigenvalue weighted by Crippen LogP contribution is 2.46. The molecule has 2 aliphatic rings. The Labute approximate surface area is 154 Å². The van der Waals surface area contributed by atoms with Crippen LogP contribution in [0.25, 0.3) is 0 Å². The number of benzene rings is 1. The maximum absolute atomic E-state index is 12.3. The molecule has 1 heterocycles. The van der Waals surface area contributed by atoms with Crippen LogP contribution >= 0.6 is 0 Å². The average molecular weight is 358 g/mol. The van der Waals surface area contributed by atoms with Crippen LogP contribution in [0.5, 0.6) is 11.5 Å². The van der Waals surface area contributed by atoms with E-state index in [-0.39, 0.29) is 24.4 Å². The lowest BCUT2D eigenvalue weighted by atomic mass is 9.71. The third-order valence-electron chi connectivity index (χ3n) is 5.44. The SMILES string of the molecule is C=CC[C@H]1C[C@]2(C(C)Cc3ccc(OC)cc3OC)OCOC2=CC1=O. The molecule has 140 valence electrons. The average Bonchev–Trinajstić information content (AvgIpc) is 3.06. The molecule has 1 aromatic rings. The maximum Gasteiger partial charge on any atom is 0.189 e. The zero-order chi connectivity index (χ0) is 18.7. The van der Waals surface area contributed by atoms with Crippen LogP contribution in [-0.2, 0) is 20.7 Å². The van der Waals surface area contributed by atoms with E-state index < -0.39 is 5.60 Å². The number of methoxy groups -OCH3 is 2. The molecule has 1 saturated heterocycles. The van der Waals surface area contributed by atoms with Gasteiger partial charge in [0.05, 0.1) is 14.2 Å². The number of carbonyl (C=O) groups is 1. The lowest BCUT2D eigenvalue weighted by Gasteiger charge is -2.38. The largest absolute Gasteiger partial charge is 0.497 e. The second-order valence-electron chi connectivity index (χ2n) is 6.92. The molecule has 5 heteroatoms. The third-order valence-corrected chi connectivity index (χ3v) is 5.44. The molecule has 0 saturated carbocycles. The Morgan fingerprint density at radius 2 is 2.19 bits per heavy atom. The van der Waals surface area contributed by atoms with E-state index in [4.69, 9.17) is 18.9 Å². The van der Waals surface area contributed by atoms with Crippen LogP contribution < -0.4 is 9.47 Å². The van der Waals surface area contributed by atoms with Crippen LogP contribution in [0.1, 0.15) is 25.3 Å². The zero-order valence-electron chi connectivity index (χ0n) is 15.6. The van der Waals surface area contributed by atoms with Gasteiger partial charge in [-0.15, -0.1) is 6.58 Å². The Morgan fingerprint density at radius 3 is 2.88 bits per heavy atom. The Balaban J connectivity index is 1.88. The van der Waals surface area contributed by atoms with Gasteiger partial charge < -0.3 is 18.9 Å². The summed E-state index contributed by atoms with van der Waals surface area (Å²) in [5.74, 6) is 2.29. The van der Waals surface area contributed by atoms with Gasteiger partial charge in [0.15, 0.2) is 12.6 Å². The van der Waals surface area contributed by atoms with Crippen LogP contribution in [0.4, 0.5) is 0 Å². The molecular formula is C21H26O5. The monoisotopic (exact) mass is 358 g/mol. The first-order valence-corrected chi connectivity index (χ1v) is 8.88. The van der Waals surface area contributed by atoms with Crippen molar-refractivity contribution in [1.82, 2.24) is 0 Å². The molecule has 1 unspecified atom stereocenters. The van der Waals surface area contributed by atoms with E-state index in [0.29, 0.717) is 18.6 Å². The fraction of sp³-hybridized carbons (Fsp3) is 0.476. The van der Waals surface area contributed by atoms with Crippen LogP contribution in [0, 0.1) is 11.8 Å². The van der Waals surface area contributed by atoms with Crippen LogP contribution in [0.2, 0.25) is 0 Å². The lowest BCUT2D eigenvalue weighted by Crippen LogP contribution is -2.44.